The van der Waals surface area contributed by atoms with Crippen molar-refractivity contribution in [3.8, 4) is 0 Å². The topological polar surface area (TPSA) is 54.4 Å². The second-order valence-electron chi connectivity index (χ2n) is 3.50. The zero-order valence-electron chi connectivity index (χ0n) is 8.87. The Morgan fingerprint density at radius 3 is 2.33 bits per heavy atom. The molecule has 0 aromatic heterocycles. The summed E-state index contributed by atoms with van der Waals surface area (Å²) in [4.78, 5) is 21.4. The molecule has 0 aliphatic carbocycles. The first kappa shape index (κ1) is 14.5. The number of hydrogen-bond acceptors (Lipinski definition) is 2. The molecule has 1 rings (SSSR count). The molecule has 0 saturated carbocycles. The summed E-state index contributed by atoms with van der Waals surface area (Å²) in [6.45, 7) is 0. The van der Waals surface area contributed by atoms with Crippen molar-refractivity contribution in [2.24, 2.45) is 0 Å². The fraction of sp³-hybridized carbons (Fsp3) is 0.273. The summed E-state index contributed by atoms with van der Waals surface area (Å²) in [5.41, 5.74) is -1.13. The highest BCUT2D eigenvalue weighted by atomic mass is 35.5. The summed E-state index contributed by atoms with van der Waals surface area (Å²) < 4.78 is 37.8. The number of halogens is 4. The van der Waals surface area contributed by atoms with Gasteiger partial charge in [0.2, 0.25) is 0 Å². The van der Waals surface area contributed by atoms with E-state index in [0.717, 1.165) is 12.1 Å². The minimum Gasteiger partial charge on any atom is -0.475 e. The quantitative estimate of drug-likeness (QED) is 0.681. The molecule has 0 aliphatic rings. The highest BCUT2D eigenvalue weighted by Crippen LogP contribution is 2.32. The van der Waals surface area contributed by atoms with E-state index in [1.54, 1.807) is 0 Å². The molecule has 1 unspecified atom stereocenters. The Morgan fingerprint density at radius 1 is 1.28 bits per heavy atom. The SMILES string of the molecule is O=C(O)C(=O)C(Cl)Cc1ccccc1C(F)(F)F. The number of carbonyl (C=O) groups is 2. The van der Waals surface area contributed by atoms with Gasteiger partial charge in [-0.05, 0) is 18.1 Å². The van der Waals surface area contributed by atoms with Crippen LogP contribution in [0.25, 0.3) is 0 Å². The predicted molar refractivity (Wildman–Crippen MR) is 57.4 cm³/mol. The molecule has 0 amide bonds. The molecule has 7 heteroatoms. The molecule has 0 bridgehead atoms. The summed E-state index contributed by atoms with van der Waals surface area (Å²) >= 11 is 5.49. The van der Waals surface area contributed by atoms with Crippen molar-refractivity contribution in [1.29, 1.82) is 0 Å². The first-order chi connectivity index (χ1) is 8.23. The van der Waals surface area contributed by atoms with E-state index >= 15 is 0 Å². The predicted octanol–water partition coefficient (Wildman–Crippen LogP) is 2.51. The van der Waals surface area contributed by atoms with E-state index in [1.807, 2.05) is 0 Å². The zero-order valence-corrected chi connectivity index (χ0v) is 9.63. The van der Waals surface area contributed by atoms with Gasteiger partial charge in [0.05, 0.1) is 5.56 Å². The Hall–Kier alpha value is -1.56. The number of carboxylic acids is 1. The third-order valence-corrected chi connectivity index (χ3v) is 2.57. The van der Waals surface area contributed by atoms with E-state index in [9.17, 15) is 22.8 Å². The van der Waals surface area contributed by atoms with Crippen LogP contribution >= 0.6 is 11.6 Å². The normalized spacial score (nSPS) is 13.1. The summed E-state index contributed by atoms with van der Waals surface area (Å²) in [5, 5.41) is 6.88. The molecule has 98 valence electrons. The van der Waals surface area contributed by atoms with E-state index in [1.165, 1.54) is 12.1 Å². The van der Waals surface area contributed by atoms with Crippen LogP contribution in [-0.2, 0) is 22.2 Å². The van der Waals surface area contributed by atoms with Crippen molar-refractivity contribution in [3.05, 3.63) is 35.4 Å². The minimum atomic E-state index is -4.57. The molecule has 0 aliphatic heterocycles. The Morgan fingerprint density at radius 2 is 1.83 bits per heavy atom. The first-order valence-corrected chi connectivity index (χ1v) is 5.23. The molecule has 1 aromatic carbocycles. The number of benzene rings is 1. The molecule has 0 heterocycles. The van der Waals surface area contributed by atoms with E-state index in [-0.39, 0.29) is 5.56 Å². The molecule has 3 nitrogen and oxygen atoms in total. The number of carboxylic acid groups (broad SMARTS) is 1. The van der Waals surface area contributed by atoms with Gasteiger partial charge in [-0.25, -0.2) is 4.79 Å². The van der Waals surface area contributed by atoms with Crippen molar-refractivity contribution < 1.29 is 27.9 Å². The molecular formula is C11H8ClF3O3. The third kappa shape index (κ3) is 3.46. The number of aliphatic carboxylic acids is 1. The van der Waals surface area contributed by atoms with Gasteiger partial charge in [0.1, 0.15) is 5.38 Å². The van der Waals surface area contributed by atoms with Crippen molar-refractivity contribution in [1.82, 2.24) is 0 Å². The molecule has 1 aromatic rings. The summed E-state index contributed by atoms with van der Waals surface area (Å²) in [5.74, 6) is -3.09. The second-order valence-corrected chi connectivity index (χ2v) is 4.02. The third-order valence-electron chi connectivity index (χ3n) is 2.22. The van der Waals surface area contributed by atoms with Gasteiger partial charge in [-0.2, -0.15) is 13.2 Å². The molecule has 0 fully saturated rings. The highest BCUT2D eigenvalue weighted by molar-refractivity contribution is 6.47. The second kappa shape index (κ2) is 5.39. The lowest BCUT2D eigenvalue weighted by atomic mass is 10.0. The van der Waals surface area contributed by atoms with E-state index < -0.39 is 35.3 Å². The van der Waals surface area contributed by atoms with E-state index in [2.05, 4.69) is 0 Å². The number of ketones is 1. The van der Waals surface area contributed by atoms with Crippen molar-refractivity contribution >= 4 is 23.4 Å². The van der Waals surface area contributed by atoms with Gasteiger partial charge >= 0.3 is 12.1 Å². The Kier molecular flexibility index (Phi) is 4.34. The van der Waals surface area contributed by atoms with Crippen LogP contribution in [-0.4, -0.2) is 22.2 Å². The fourth-order valence-corrected chi connectivity index (χ4v) is 1.65. The Bertz CT molecular complexity index is 471. The summed E-state index contributed by atoms with van der Waals surface area (Å²) in [6, 6.07) is 4.57. The average molecular weight is 281 g/mol. The molecule has 1 N–H and O–H groups in total. The van der Waals surface area contributed by atoms with Crippen LogP contribution in [0.5, 0.6) is 0 Å². The molecule has 0 radical (unpaired) electrons. The Labute approximate surface area is 105 Å². The lowest BCUT2D eigenvalue weighted by Crippen LogP contribution is -2.26. The van der Waals surface area contributed by atoms with Gasteiger partial charge in [0.25, 0.3) is 5.78 Å². The number of hydrogen-bond donors (Lipinski definition) is 1. The fourth-order valence-electron chi connectivity index (χ4n) is 1.39. The Balaban J connectivity index is 2.98. The largest absolute Gasteiger partial charge is 0.475 e. The van der Waals surface area contributed by atoms with Crippen LogP contribution in [0, 0.1) is 0 Å². The molecule has 0 saturated heterocycles. The molecular weight excluding hydrogens is 273 g/mol. The molecule has 18 heavy (non-hydrogen) atoms. The zero-order chi connectivity index (χ0) is 13.9. The lowest BCUT2D eigenvalue weighted by molar-refractivity contribution is -0.148. The average Bonchev–Trinajstić information content (AvgIpc) is 2.27. The van der Waals surface area contributed by atoms with Crippen LogP contribution in [0.2, 0.25) is 0 Å². The minimum absolute atomic E-state index is 0.209. The first-order valence-electron chi connectivity index (χ1n) is 4.79. The molecule has 1 atom stereocenters. The smallest absolute Gasteiger partial charge is 0.416 e. The highest BCUT2D eigenvalue weighted by Gasteiger charge is 2.34. The van der Waals surface area contributed by atoms with Crippen LogP contribution < -0.4 is 0 Å². The maximum atomic E-state index is 12.6. The van der Waals surface area contributed by atoms with E-state index in [4.69, 9.17) is 16.7 Å². The van der Waals surface area contributed by atoms with Gasteiger partial charge in [0, 0.05) is 0 Å². The number of rotatable bonds is 4. The number of carbonyl (C=O) groups excluding carboxylic acids is 1. The maximum Gasteiger partial charge on any atom is 0.416 e. The van der Waals surface area contributed by atoms with Crippen LogP contribution in [0.15, 0.2) is 24.3 Å². The van der Waals surface area contributed by atoms with Crippen LogP contribution in [0.1, 0.15) is 11.1 Å². The van der Waals surface area contributed by atoms with Gasteiger partial charge < -0.3 is 5.11 Å². The maximum absolute atomic E-state index is 12.6. The standard InChI is InChI=1S/C11H8ClF3O3/c12-8(9(16)10(17)18)5-6-3-1-2-4-7(6)11(13,14)15/h1-4,8H,5H2,(H,17,18). The van der Waals surface area contributed by atoms with Gasteiger partial charge in [-0.15, -0.1) is 11.6 Å². The van der Waals surface area contributed by atoms with Crippen molar-refractivity contribution in [3.63, 3.8) is 0 Å². The molecule has 0 spiro atoms. The van der Waals surface area contributed by atoms with Gasteiger partial charge in [-0.1, -0.05) is 18.2 Å². The monoisotopic (exact) mass is 280 g/mol. The van der Waals surface area contributed by atoms with Crippen molar-refractivity contribution in [2.45, 2.75) is 18.0 Å². The van der Waals surface area contributed by atoms with Gasteiger partial charge in [-0.3, -0.25) is 4.79 Å². The number of Topliss-reactive ketones (excluding diaryl/α,β-unsaturated/α-hetero) is 1. The van der Waals surface area contributed by atoms with Crippen molar-refractivity contribution in [2.75, 3.05) is 0 Å². The number of alkyl halides is 4. The lowest BCUT2D eigenvalue weighted by Gasteiger charge is -2.13. The van der Waals surface area contributed by atoms with E-state index in [0.29, 0.717) is 0 Å². The van der Waals surface area contributed by atoms with Crippen LogP contribution in [0.4, 0.5) is 13.2 Å². The summed E-state index contributed by atoms with van der Waals surface area (Å²) in [6.07, 6.45) is -5.05. The summed E-state index contributed by atoms with van der Waals surface area (Å²) in [7, 11) is 0. The van der Waals surface area contributed by atoms with Gasteiger partial charge in [0.15, 0.2) is 0 Å². The van der Waals surface area contributed by atoms with Crippen LogP contribution in [0.3, 0.4) is 0 Å².